The number of rotatable bonds is 6. The zero-order valence-corrected chi connectivity index (χ0v) is 16.3. The van der Waals surface area contributed by atoms with Crippen molar-refractivity contribution in [3.63, 3.8) is 0 Å². The highest BCUT2D eigenvalue weighted by Crippen LogP contribution is 2.15. The van der Waals surface area contributed by atoms with Crippen LogP contribution in [0, 0.1) is 11.6 Å². The molecular formula is C15H22F2N4O3S2. The van der Waals surface area contributed by atoms with Crippen molar-refractivity contribution in [1.82, 2.24) is 20.9 Å². The molecule has 0 aliphatic rings. The van der Waals surface area contributed by atoms with Crippen LogP contribution in [-0.4, -0.2) is 31.5 Å². The molecule has 0 saturated carbocycles. The second-order valence-electron chi connectivity index (χ2n) is 6.45. The van der Waals surface area contributed by atoms with Gasteiger partial charge in [0.25, 0.3) is 0 Å². The molecule has 0 heterocycles. The highest BCUT2D eigenvalue weighted by Gasteiger charge is 2.19. The monoisotopic (exact) mass is 408 g/mol. The fraction of sp³-hybridized carbons (Fsp3) is 0.467. The van der Waals surface area contributed by atoms with Gasteiger partial charge in [-0.05, 0) is 51.5 Å². The number of thiocarbonyl (C=S) groups is 1. The van der Waals surface area contributed by atoms with Gasteiger partial charge >= 0.3 is 0 Å². The van der Waals surface area contributed by atoms with E-state index in [1.165, 1.54) is 0 Å². The van der Waals surface area contributed by atoms with E-state index >= 15 is 0 Å². The lowest BCUT2D eigenvalue weighted by atomic mass is 10.1. The largest absolute Gasteiger partial charge is 0.357 e. The third-order valence-electron chi connectivity index (χ3n) is 2.86. The maximum Gasteiger partial charge on any atom is 0.243 e. The molecule has 0 bridgehead atoms. The summed E-state index contributed by atoms with van der Waals surface area (Å²) in [6.45, 7) is 5.62. The molecule has 26 heavy (non-hydrogen) atoms. The summed E-state index contributed by atoms with van der Waals surface area (Å²) in [7, 11) is -4.12. The fourth-order valence-electron chi connectivity index (χ4n) is 1.79. The predicted octanol–water partition coefficient (Wildman–Crippen LogP) is 1.32. The van der Waals surface area contributed by atoms with Crippen molar-refractivity contribution in [2.24, 2.45) is 0 Å². The molecule has 1 rings (SSSR count). The van der Waals surface area contributed by atoms with Crippen LogP contribution < -0.4 is 20.9 Å². The highest BCUT2D eigenvalue weighted by atomic mass is 32.2. The fourth-order valence-corrected chi connectivity index (χ4v) is 3.28. The third-order valence-corrected chi connectivity index (χ3v) is 4.56. The Morgan fingerprint density at radius 3 is 2.42 bits per heavy atom. The van der Waals surface area contributed by atoms with E-state index in [-0.39, 0.29) is 30.0 Å². The molecule has 1 aromatic rings. The number of sulfonamides is 1. The first-order valence-electron chi connectivity index (χ1n) is 7.72. The molecule has 0 radical (unpaired) electrons. The topological polar surface area (TPSA) is 99.3 Å². The Hall–Kier alpha value is -1.85. The van der Waals surface area contributed by atoms with E-state index in [0.717, 1.165) is 12.1 Å². The van der Waals surface area contributed by atoms with Crippen molar-refractivity contribution in [3.05, 3.63) is 29.8 Å². The number of hydrogen-bond acceptors (Lipinski definition) is 4. The third kappa shape index (κ3) is 8.02. The van der Waals surface area contributed by atoms with Crippen molar-refractivity contribution in [2.75, 3.05) is 6.54 Å². The van der Waals surface area contributed by atoms with Gasteiger partial charge in [0.05, 0.1) is 0 Å². The maximum absolute atomic E-state index is 13.5. The lowest BCUT2D eigenvalue weighted by Crippen LogP contribution is -2.52. The van der Waals surface area contributed by atoms with Crippen LogP contribution in [0.4, 0.5) is 8.78 Å². The van der Waals surface area contributed by atoms with E-state index in [1.54, 1.807) is 0 Å². The van der Waals surface area contributed by atoms with Crippen molar-refractivity contribution in [3.8, 4) is 0 Å². The van der Waals surface area contributed by atoms with Crippen LogP contribution in [0.3, 0.4) is 0 Å². The zero-order chi connectivity index (χ0) is 20.0. The van der Waals surface area contributed by atoms with Crippen LogP contribution >= 0.6 is 12.2 Å². The molecule has 0 spiro atoms. The molecule has 0 atom stereocenters. The SMILES string of the molecule is CC(C)(C)NC(=S)NNC(=O)CCCNS(=O)(=O)c1ccc(F)cc1F. The van der Waals surface area contributed by atoms with E-state index in [0.29, 0.717) is 6.07 Å². The van der Waals surface area contributed by atoms with Gasteiger partial charge in [-0.15, -0.1) is 0 Å². The first-order chi connectivity index (χ1) is 11.9. The summed E-state index contributed by atoms with van der Waals surface area (Å²) in [4.78, 5) is 11.0. The molecule has 1 amide bonds. The average Bonchev–Trinajstić information content (AvgIpc) is 2.47. The van der Waals surface area contributed by atoms with E-state index in [4.69, 9.17) is 12.2 Å². The summed E-state index contributed by atoms with van der Waals surface area (Å²) >= 11 is 4.99. The molecule has 0 saturated heterocycles. The lowest BCUT2D eigenvalue weighted by molar-refractivity contribution is -0.121. The summed E-state index contributed by atoms with van der Waals surface area (Å²) in [5.74, 6) is -2.45. The van der Waals surface area contributed by atoms with Gasteiger partial charge in [-0.1, -0.05) is 0 Å². The molecule has 7 nitrogen and oxygen atoms in total. The van der Waals surface area contributed by atoms with Crippen molar-refractivity contribution >= 4 is 33.3 Å². The summed E-state index contributed by atoms with van der Waals surface area (Å²) in [6.07, 6.45) is 0.189. The maximum atomic E-state index is 13.5. The van der Waals surface area contributed by atoms with Gasteiger partial charge < -0.3 is 5.32 Å². The normalized spacial score (nSPS) is 11.7. The number of hydrazine groups is 1. The first kappa shape index (κ1) is 22.2. The Morgan fingerprint density at radius 2 is 1.85 bits per heavy atom. The van der Waals surface area contributed by atoms with E-state index in [2.05, 4.69) is 20.9 Å². The number of benzene rings is 1. The standard InChI is InChI=1S/C15H22F2N4O3S2/c1-15(2,3)19-14(25)21-20-13(22)5-4-8-18-26(23,24)12-7-6-10(16)9-11(12)17/h6-7,9,18H,4-5,8H2,1-3H3,(H,20,22)(H2,19,21,25). The minimum Gasteiger partial charge on any atom is -0.357 e. The molecule has 0 aliphatic carbocycles. The van der Waals surface area contributed by atoms with Gasteiger partial charge in [0, 0.05) is 24.6 Å². The van der Waals surface area contributed by atoms with Crippen molar-refractivity contribution in [2.45, 2.75) is 44.0 Å². The van der Waals surface area contributed by atoms with Gasteiger partial charge in [-0.2, -0.15) is 0 Å². The van der Waals surface area contributed by atoms with Gasteiger partial charge in [0.1, 0.15) is 16.5 Å². The molecule has 0 fully saturated rings. The van der Waals surface area contributed by atoms with E-state index in [1.807, 2.05) is 20.8 Å². The van der Waals surface area contributed by atoms with E-state index < -0.39 is 32.5 Å². The van der Waals surface area contributed by atoms with Crippen LogP contribution in [0.2, 0.25) is 0 Å². The van der Waals surface area contributed by atoms with Crippen LogP contribution in [-0.2, 0) is 14.8 Å². The Labute approximate surface area is 156 Å². The molecule has 4 N–H and O–H groups in total. The van der Waals surface area contributed by atoms with Crippen LogP contribution in [0.25, 0.3) is 0 Å². The number of amides is 1. The summed E-state index contributed by atoms with van der Waals surface area (Å²) in [6, 6.07) is 2.18. The molecule has 11 heteroatoms. The van der Waals surface area contributed by atoms with Crippen molar-refractivity contribution < 1.29 is 22.0 Å². The first-order valence-corrected chi connectivity index (χ1v) is 9.61. The smallest absolute Gasteiger partial charge is 0.243 e. The number of carbonyl (C=O) groups is 1. The van der Waals surface area contributed by atoms with E-state index in [9.17, 15) is 22.0 Å². The molecule has 0 unspecified atom stereocenters. The average molecular weight is 408 g/mol. The predicted molar refractivity (Wildman–Crippen MR) is 97.5 cm³/mol. The molecule has 1 aromatic carbocycles. The molecule has 146 valence electrons. The second-order valence-corrected chi connectivity index (χ2v) is 8.60. The minimum atomic E-state index is -4.12. The van der Waals surface area contributed by atoms with Crippen LogP contribution in [0.15, 0.2) is 23.1 Å². The Bertz CT molecular complexity index is 765. The number of hydrogen-bond donors (Lipinski definition) is 4. The Morgan fingerprint density at radius 1 is 1.19 bits per heavy atom. The molecule has 0 aliphatic heterocycles. The number of carbonyl (C=O) groups excluding carboxylic acids is 1. The van der Waals surface area contributed by atoms with Gasteiger partial charge in [-0.3, -0.25) is 15.6 Å². The molecule has 0 aromatic heterocycles. The van der Waals surface area contributed by atoms with Crippen LogP contribution in [0.1, 0.15) is 33.6 Å². The summed E-state index contributed by atoms with van der Waals surface area (Å²) < 4.78 is 52.4. The molecular weight excluding hydrogens is 386 g/mol. The van der Waals surface area contributed by atoms with Crippen LogP contribution in [0.5, 0.6) is 0 Å². The number of halogens is 2. The highest BCUT2D eigenvalue weighted by molar-refractivity contribution is 7.89. The lowest BCUT2D eigenvalue weighted by Gasteiger charge is -2.23. The van der Waals surface area contributed by atoms with Gasteiger partial charge in [-0.25, -0.2) is 21.9 Å². The van der Waals surface area contributed by atoms with Crippen molar-refractivity contribution in [1.29, 1.82) is 0 Å². The van der Waals surface area contributed by atoms with Gasteiger partial charge in [0.2, 0.25) is 15.9 Å². The zero-order valence-electron chi connectivity index (χ0n) is 14.7. The quantitative estimate of drug-likeness (QED) is 0.322. The Kier molecular flexibility index (Phi) is 7.85. The second kappa shape index (κ2) is 9.19. The minimum absolute atomic E-state index is 0.0134. The number of nitrogens with one attached hydrogen (secondary N) is 4. The van der Waals surface area contributed by atoms with Gasteiger partial charge in [0.15, 0.2) is 5.11 Å². The Balaban J connectivity index is 2.37. The summed E-state index contributed by atoms with van der Waals surface area (Å²) in [5, 5.41) is 3.19. The summed E-state index contributed by atoms with van der Waals surface area (Å²) in [5.41, 5.74) is 4.65.